The topological polar surface area (TPSA) is 0 Å². The Morgan fingerprint density at radius 2 is 1.38 bits per heavy atom. The van der Waals surface area contributed by atoms with Crippen LogP contribution >= 0.6 is 0 Å². The molecule has 0 rings (SSSR count). The van der Waals surface area contributed by atoms with Gasteiger partial charge in [-0.2, -0.15) is 0 Å². The summed E-state index contributed by atoms with van der Waals surface area (Å²) in [5.74, 6) is 3.43. The summed E-state index contributed by atoms with van der Waals surface area (Å²) in [6.45, 7) is 14.0. The van der Waals surface area contributed by atoms with Gasteiger partial charge in [0.05, 0.1) is 0 Å². The molecule has 0 aromatic carbocycles. The van der Waals surface area contributed by atoms with E-state index in [9.17, 15) is 0 Å². The number of rotatable bonds is 6. The van der Waals surface area contributed by atoms with Crippen molar-refractivity contribution in [2.24, 2.45) is 23.7 Å². The van der Waals surface area contributed by atoms with E-state index in [2.05, 4.69) is 48.7 Å². The molecular formula is C12H26B. The number of hydrogen-bond acceptors (Lipinski definition) is 0. The fraction of sp³-hybridized carbons (Fsp3) is 1.00. The minimum atomic E-state index is 0.834. The predicted octanol–water partition coefficient (Wildman–Crippen LogP) is 4.11. The molecule has 0 aromatic heterocycles. The molecule has 0 amide bonds. The van der Waals surface area contributed by atoms with Gasteiger partial charge in [0.1, 0.15) is 7.28 Å². The van der Waals surface area contributed by atoms with E-state index in [4.69, 9.17) is 0 Å². The lowest BCUT2D eigenvalue weighted by molar-refractivity contribution is 0.283. The lowest BCUT2D eigenvalue weighted by atomic mass is 9.68. The maximum Gasteiger partial charge on any atom is 0.106 e. The highest BCUT2D eigenvalue weighted by Gasteiger charge is 2.16. The quantitative estimate of drug-likeness (QED) is 0.541. The van der Waals surface area contributed by atoms with Gasteiger partial charge in [0.15, 0.2) is 0 Å². The van der Waals surface area contributed by atoms with Gasteiger partial charge < -0.3 is 0 Å². The van der Waals surface area contributed by atoms with Crippen LogP contribution in [0, 0.1) is 23.7 Å². The molecule has 3 atom stereocenters. The first-order valence-electron chi connectivity index (χ1n) is 5.76. The van der Waals surface area contributed by atoms with Gasteiger partial charge in [-0.25, -0.2) is 0 Å². The van der Waals surface area contributed by atoms with Crippen molar-refractivity contribution in [3.05, 3.63) is 0 Å². The molecule has 0 aliphatic carbocycles. The second kappa shape index (κ2) is 6.51. The Labute approximate surface area is 85.7 Å². The Morgan fingerprint density at radius 1 is 0.846 bits per heavy atom. The van der Waals surface area contributed by atoms with Gasteiger partial charge in [-0.3, -0.25) is 0 Å². The standard InChI is InChI=1S/C12H26B/c1-9(2)10(3)7-11(4)12(5)8-13-6/h9-12H,7-8H2,1-6H3. The molecule has 0 N–H and O–H groups in total. The Bertz CT molecular complexity index is 120. The Balaban J connectivity index is 3.77. The Morgan fingerprint density at radius 3 is 1.77 bits per heavy atom. The van der Waals surface area contributed by atoms with Crippen molar-refractivity contribution in [1.82, 2.24) is 0 Å². The number of hydrogen-bond donors (Lipinski definition) is 0. The molecule has 0 nitrogen and oxygen atoms in total. The normalized spacial score (nSPS) is 18.4. The molecule has 0 aliphatic heterocycles. The van der Waals surface area contributed by atoms with Crippen LogP contribution in [0.1, 0.15) is 41.0 Å². The van der Waals surface area contributed by atoms with E-state index in [-0.39, 0.29) is 0 Å². The minimum absolute atomic E-state index is 0.834. The van der Waals surface area contributed by atoms with Crippen molar-refractivity contribution in [2.45, 2.75) is 54.2 Å². The smallest absolute Gasteiger partial charge is 0.0920 e. The van der Waals surface area contributed by atoms with Crippen molar-refractivity contribution in [3.8, 4) is 0 Å². The van der Waals surface area contributed by atoms with E-state index < -0.39 is 0 Å². The van der Waals surface area contributed by atoms with Crippen LogP contribution in [0.4, 0.5) is 0 Å². The molecule has 0 saturated carbocycles. The van der Waals surface area contributed by atoms with Gasteiger partial charge in [0, 0.05) is 0 Å². The van der Waals surface area contributed by atoms with Crippen LogP contribution in [0.15, 0.2) is 0 Å². The lowest BCUT2D eigenvalue weighted by Crippen LogP contribution is -2.15. The fourth-order valence-corrected chi connectivity index (χ4v) is 1.70. The average molecular weight is 181 g/mol. The van der Waals surface area contributed by atoms with E-state index in [0.29, 0.717) is 0 Å². The predicted molar refractivity (Wildman–Crippen MR) is 63.4 cm³/mol. The first-order chi connectivity index (χ1) is 5.99. The van der Waals surface area contributed by atoms with Crippen LogP contribution in [0.5, 0.6) is 0 Å². The molecule has 0 bridgehead atoms. The van der Waals surface area contributed by atoms with E-state index in [1.165, 1.54) is 12.7 Å². The molecule has 1 radical (unpaired) electrons. The second-order valence-corrected chi connectivity index (χ2v) is 5.06. The summed E-state index contributed by atoms with van der Waals surface area (Å²) in [6.07, 6.45) is 2.65. The zero-order valence-electron chi connectivity index (χ0n) is 10.3. The molecule has 77 valence electrons. The Hall–Kier alpha value is 0.0649. The first kappa shape index (κ1) is 13.1. The zero-order valence-corrected chi connectivity index (χ0v) is 10.3. The van der Waals surface area contributed by atoms with Crippen LogP contribution in [-0.2, 0) is 0 Å². The second-order valence-electron chi connectivity index (χ2n) is 5.06. The highest BCUT2D eigenvalue weighted by molar-refractivity contribution is 6.33. The summed E-state index contributed by atoms with van der Waals surface area (Å²) in [6, 6.07) is 0. The van der Waals surface area contributed by atoms with E-state index in [1.54, 1.807) is 0 Å². The third-order valence-electron chi connectivity index (χ3n) is 3.46. The third kappa shape index (κ3) is 5.39. The molecule has 0 heterocycles. The summed E-state index contributed by atoms with van der Waals surface area (Å²) in [5.41, 5.74) is 0. The average Bonchev–Trinajstić information content (AvgIpc) is 2.04. The van der Waals surface area contributed by atoms with Crippen LogP contribution in [0.2, 0.25) is 13.1 Å². The van der Waals surface area contributed by atoms with Crippen molar-refractivity contribution in [1.29, 1.82) is 0 Å². The van der Waals surface area contributed by atoms with E-state index in [1.807, 2.05) is 0 Å². The van der Waals surface area contributed by atoms with Crippen molar-refractivity contribution < 1.29 is 0 Å². The summed E-state index contributed by atoms with van der Waals surface area (Å²) in [7, 11) is 2.29. The fourth-order valence-electron chi connectivity index (χ4n) is 1.70. The van der Waals surface area contributed by atoms with Gasteiger partial charge in [-0.15, -0.1) is 0 Å². The van der Waals surface area contributed by atoms with Crippen LogP contribution in [-0.4, -0.2) is 7.28 Å². The van der Waals surface area contributed by atoms with Gasteiger partial charge in [0.2, 0.25) is 0 Å². The zero-order chi connectivity index (χ0) is 10.4. The van der Waals surface area contributed by atoms with Crippen LogP contribution in [0.3, 0.4) is 0 Å². The van der Waals surface area contributed by atoms with Gasteiger partial charge in [-0.1, -0.05) is 47.8 Å². The monoisotopic (exact) mass is 181 g/mol. The summed E-state index contributed by atoms with van der Waals surface area (Å²) in [4.78, 5) is 0. The first-order valence-corrected chi connectivity index (χ1v) is 5.76. The minimum Gasteiger partial charge on any atom is -0.0920 e. The Kier molecular flexibility index (Phi) is 6.54. The van der Waals surface area contributed by atoms with Gasteiger partial charge >= 0.3 is 0 Å². The van der Waals surface area contributed by atoms with Gasteiger partial charge in [0.25, 0.3) is 0 Å². The lowest BCUT2D eigenvalue weighted by Gasteiger charge is -2.24. The molecule has 0 fully saturated rings. The molecular weight excluding hydrogens is 155 g/mol. The van der Waals surface area contributed by atoms with Crippen molar-refractivity contribution >= 4 is 7.28 Å². The van der Waals surface area contributed by atoms with Crippen LogP contribution < -0.4 is 0 Å². The molecule has 0 spiro atoms. The van der Waals surface area contributed by atoms with E-state index in [0.717, 1.165) is 23.7 Å². The SMILES string of the molecule is C[B]CC(C)C(C)CC(C)C(C)C. The maximum absolute atomic E-state index is 2.40. The molecule has 0 saturated heterocycles. The van der Waals surface area contributed by atoms with E-state index >= 15 is 0 Å². The third-order valence-corrected chi connectivity index (χ3v) is 3.46. The summed E-state index contributed by atoms with van der Waals surface area (Å²) >= 11 is 0. The molecule has 0 aliphatic rings. The van der Waals surface area contributed by atoms with Crippen molar-refractivity contribution in [3.63, 3.8) is 0 Å². The maximum atomic E-state index is 2.40. The largest absolute Gasteiger partial charge is 0.106 e. The molecule has 0 aromatic rings. The van der Waals surface area contributed by atoms with Gasteiger partial charge in [-0.05, 0) is 30.1 Å². The highest BCUT2D eigenvalue weighted by Crippen LogP contribution is 2.26. The molecule has 3 unspecified atom stereocenters. The summed E-state index contributed by atoms with van der Waals surface area (Å²) in [5, 5.41) is 0. The molecule has 13 heavy (non-hydrogen) atoms. The highest BCUT2D eigenvalue weighted by atomic mass is 14.2. The van der Waals surface area contributed by atoms with Crippen molar-refractivity contribution in [2.75, 3.05) is 0 Å². The van der Waals surface area contributed by atoms with Crippen LogP contribution in [0.25, 0.3) is 0 Å². The summed E-state index contributed by atoms with van der Waals surface area (Å²) < 4.78 is 0. The molecule has 1 heteroatoms.